The average Bonchev–Trinajstić information content (AvgIpc) is 1.87. The number of hydrogen-bond donors (Lipinski definition) is 0. The molecule has 38 valence electrons. The lowest BCUT2D eigenvalue weighted by atomic mass is 10.8. The van der Waals surface area contributed by atoms with Crippen LogP contribution in [-0.4, -0.2) is 20.0 Å². The molecule has 0 bridgehead atoms. The molecule has 1 atom stereocenters. The first-order valence-corrected chi connectivity index (χ1v) is 2.32. The summed E-state index contributed by atoms with van der Waals surface area (Å²) in [7, 11) is 2.28. The van der Waals surface area contributed by atoms with E-state index in [2.05, 4.69) is 24.8 Å². The number of nitrogens with zero attached hydrogens (tertiary/aromatic N) is 4. The van der Waals surface area contributed by atoms with Crippen molar-refractivity contribution < 1.29 is 0 Å². The molecule has 0 aliphatic carbocycles. The highest BCUT2D eigenvalue weighted by molar-refractivity contribution is 7.14. The minimum Gasteiger partial charge on any atom is -0.151 e. The Labute approximate surface area is 43.2 Å². The van der Waals surface area contributed by atoms with E-state index < -0.39 is 0 Å². The fourth-order valence-corrected chi connectivity index (χ4v) is 0.518. The van der Waals surface area contributed by atoms with Crippen molar-refractivity contribution in [2.24, 2.45) is 0 Å². The molecule has 0 aliphatic rings. The van der Waals surface area contributed by atoms with Crippen molar-refractivity contribution in [3.05, 3.63) is 5.82 Å². The molecule has 0 radical (unpaired) electrons. The monoisotopic (exact) mass is 116 g/mol. The molecule has 0 spiro atoms. The lowest BCUT2D eigenvalue weighted by molar-refractivity contribution is 0.818. The Morgan fingerprint density at radius 3 is 2.57 bits per heavy atom. The van der Waals surface area contributed by atoms with Crippen LogP contribution in [-0.2, 0) is 0 Å². The minimum atomic E-state index is 0.690. The molecule has 0 aliphatic heterocycles. The van der Waals surface area contributed by atoms with Crippen molar-refractivity contribution in [3.63, 3.8) is 0 Å². The molecule has 4 nitrogen and oxygen atoms in total. The van der Waals surface area contributed by atoms with E-state index in [-0.39, 0.29) is 0 Å². The summed E-state index contributed by atoms with van der Waals surface area (Å²) in [5.74, 6) is 0.690. The Bertz CT molecular complexity index is 142. The van der Waals surface area contributed by atoms with Crippen LogP contribution in [0.2, 0.25) is 0 Å². The first kappa shape index (κ1) is 4.65. The normalized spacial score (nSPS) is 9.43. The van der Waals surface area contributed by atoms with Crippen molar-refractivity contribution in [3.8, 4) is 0 Å². The highest BCUT2D eigenvalue weighted by Crippen LogP contribution is 1.83. The van der Waals surface area contributed by atoms with E-state index in [1.54, 1.807) is 6.92 Å². The van der Waals surface area contributed by atoms with E-state index in [4.69, 9.17) is 0 Å². The first-order valence-electron chi connectivity index (χ1n) is 1.81. The van der Waals surface area contributed by atoms with Crippen molar-refractivity contribution in [1.82, 2.24) is 20.0 Å². The van der Waals surface area contributed by atoms with E-state index in [0.717, 1.165) is 0 Å². The highest BCUT2D eigenvalue weighted by Gasteiger charge is 1.85. The molecular weight excluding hydrogens is 111 g/mol. The molecule has 1 heterocycles. The van der Waals surface area contributed by atoms with Crippen LogP contribution in [0.1, 0.15) is 5.82 Å². The zero-order valence-electron chi connectivity index (χ0n) is 3.87. The van der Waals surface area contributed by atoms with Crippen LogP contribution < -0.4 is 0 Å². The van der Waals surface area contributed by atoms with Gasteiger partial charge in [-0.1, -0.05) is 0 Å². The summed E-state index contributed by atoms with van der Waals surface area (Å²) in [6, 6.07) is 0. The maximum Gasteiger partial charge on any atom is 0.172 e. The second-order valence-corrected chi connectivity index (χ2v) is 1.62. The molecule has 0 aromatic carbocycles. The largest absolute Gasteiger partial charge is 0.172 e. The Kier molecular flexibility index (Phi) is 1.02. The zero-order valence-corrected chi connectivity index (χ0v) is 5.02. The average molecular weight is 116 g/mol. The van der Waals surface area contributed by atoms with E-state index in [1.165, 1.54) is 4.57 Å². The summed E-state index contributed by atoms with van der Waals surface area (Å²) in [5.41, 5.74) is 0. The summed E-state index contributed by atoms with van der Waals surface area (Å²) in [6.07, 6.45) is 0. The first-order chi connectivity index (χ1) is 3.29. The third-order valence-corrected chi connectivity index (χ3v) is 0.747. The number of rotatable bonds is 0. The maximum atomic E-state index is 3.77. The fraction of sp³-hybridized carbons (Fsp3) is 0.500. The Morgan fingerprint density at radius 1 is 1.71 bits per heavy atom. The summed E-state index contributed by atoms with van der Waals surface area (Å²) in [4.78, 5) is 0. The SMILES string of the molecule is Cc1nnn(P)n1. The van der Waals surface area contributed by atoms with Crippen molar-refractivity contribution in [1.29, 1.82) is 0 Å². The van der Waals surface area contributed by atoms with E-state index in [0.29, 0.717) is 5.82 Å². The predicted octanol–water partition coefficient (Wildman–Crippen LogP) is -0.380. The van der Waals surface area contributed by atoms with Gasteiger partial charge in [0, 0.05) is 9.39 Å². The molecular formula is C2H5N4P. The topological polar surface area (TPSA) is 43.6 Å². The van der Waals surface area contributed by atoms with Gasteiger partial charge in [-0.3, -0.25) is 0 Å². The standard InChI is InChI=1S/C2H5N4P/c1-2-3-5-6(7)4-2/h7H2,1H3. The molecule has 0 saturated carbocycles. The van der Waals surface area contributed by atoms with Gasteiger partial charge in [0.1, 0.15) is 0 Å². The van der Waals surface area contributed by atoms with Gasteiger partial charge in [-0.15, -0.1) is 10.2 Å². The molecule has 1 unspecified atom stereocenters. The number of tetrazole rings is 1. The molecule has 0 amide bonds. The molecule has 0 fully saturated rings. The summed E-state index contributed by atoms with van der Waals surface area (Å²) < 4.78 is 1.34. The smallest absolute Gasteiger partial charge is 0.151 e. The number of aryl methyl sites for hydroxylation is 1. The van der Waals surface area contributed by atoms with Gasteiger partial charge in [-0.05, 0) is 12.1 Å². The van der Waals surface area contributed by atoms with Gasteiger partial charge in [0.15, 0.2) is 5.82 Å². The summed E-state index contributed by atoms with van der Waals surface area (Å²) in [5, 5.41) is 10.9. The Morgan fingerprint density at radius 2 is 2.43 bits per heavy atom. The number of hydrogen-bond acceptors (Lipinski definition) is 3. The van der Waals surface area contributed by atoms with Gasteiger partial charge in [0.05, 0.1) is 0 Å². The van der Waals surface area contributed by atoms with Crippen molar-refractivity contribution in [2.45, 2.75) is 6.92 Å². The van der Waals surface area contributed by atoms with E-state index in [9.17, 15) is 0 Å². The van der Waals surface area contributed by atoms with E-state index >= 15 is 0 Å². The molecule has 1 aromatic rings. The van der Waals surface area contributed by atoms with Gasteiger partial charge in [-0.2, -0.15) is 4.57 Å². The van der Waals surface area contributed by atoms with E-state index in [1.807, 2.05) is 0 Å². The Hall–Kier alpha value is -0.500. The van der Waals surface area contributed by atoms with Gasteiger partial charge in [0.25, 0.3) is 0 Å². The Balaban J connectivity index is 3.04. The van der Waals surface area contributed by atoms with Gasteiger partial charge < -0.3 is 0 Å². The fourth-order valence-electron chi connectivity index (χ4n) is 0.299. The quantitative estimate of drug-likeness (QED) is 0.434. The second-order valence-electron chi connectivity index (χ2n) is 1.16. The van der Waals surface area contributed by atoms with Crippen LogP contribution in [0, 0.1) is 6.92 Å². The second kappa shape index (κ2) is 1.54. The van der Waals surface area contributed by atoms with Gasteiger partial charge >= 0.3 is 0 Å². The van der Waals surface area contributed by atoms with Gasteiger partial charge in [-0.25, -0.2) is 0 Å². The predicted molar refractivity (Wildman–Crippen MR) is 27.7 cm³/mol. The van der Waals surface area contributed by atoms with Crippen LogP contribution in [0.15, 0.2) is 0 Å². The molecule has 0 saturated heterocycles. The summed E-state index contributed by atoms with van der Waals surface area (Å²) in [6.45, 7) is 1.79. The lowest BCUT2D eigenvalue weighted by Gasteiger charge is -1.73. The third kappa shape index (κ3) is 0.933. The van der Waals surface area contributed by atoms with Crippen LogP contribution in [0.4, 0.5) is 0 Å². The van der Waals surface area contributed by atoms with Crippen LogP contribution in [0.3, 0.4) is 0 Å². The molecule has 5 heteroatoms. The molecule has 1 rings (SSSR count). The molecule has 7 heavy (non-hydrogen) atoms. The maximum absolute atomic E-state index is 3.77. The molecule has 0 N–H and O–H groups in total. The van der Waals surface area contributed by atoms with Crippen LogP contribution in [0.25, 0.3) is 0 Å². The van der Waals surface area contributed by atoms with Crippen molar-refractivity contribution >= 4 is 9.39 Å². The highest BCUT2D eigenvalue weighted by atomic mass is 31.0. The van der Waals surface area contributed by atoms with Gasteiger partial charge in [0.2, 0.25) is 0 Å². The molecule has 1 aromatic heterocycles. The third-order valence-electron chi connectivity index (χ3n) is 0.528. The lowest BCUT2D eigenvalue weighted by Crippen LogP contribution is -1.81. The van der Waals surface area contributed by atoms with Crippen LogP contribution >= 0.6 is 9.39 Å². The summed E-state index contributed by atoms with van der Waals surface area (Å²) >= 11 is 0. The zero-order chi connectivity index (χ0) is 5.28. The van der Waals surface area contributed by atoms with Crippen LogP contribution in [0.5, 0.6) is 0 Å². The number of aromatic nitrogens is 4. The minimum absolute atomic E-state index is 0.690. The van der Waals surface area contributed by atoms with Crippen molar-refractivity contribution in [2.75, 3.05) is 0 Å².